The van der Waals surface area contributed by atoms with Crippen LogP contribution in [0.2, 0.25) is 0 Å². The van der Waals surface area contributed by atoms with Crippen LogP contribution in [0.5, 0.6) is 0 Å². The van der Waals surface area contributed by atoms with Crippen LogP contribution < -0.4 is 10.4 Å². The molecule has 0 saturated carbocycles. The maximum Gasteiger partial charge on any atom is 0.251 e. The highest BCUT2D eigenvalue weighted by Gasteiger charge is 2.14. The molecule has 1 amide bonds. The Morgan fingerprint density at radius 1 is 1.17 bits per heavy atom. The first-order valence-electron chi connectivity index (χ1n) is 5.89. The van der Waals surface area contributed by atoms with Gasteiger partial charge in [0, 0.05) is 24.5 Å². The summed E-state index contributed by atoms with van der Waals surface area (Å²) in [6, 6.07) is 7.31. The Morgan fingerprint density at radius 3 is 2.17 bits per heavy atom. The maximum atomic E-state index is 11.7. The molecule has 1 rings (SSSR count). The first-order valence-corrected chi connectivity index (χ1v) is 5.89. The molecule has 1 aromatic rings. The number of hydrogen-bond acceptors (Lipinski definition) is 3. The number of carboxylic acid groups (broad SMARTS) is 1. The van der Waals surface area contributed by atoms with Gasteiger partial charge in [0.05, 0.1) is 0 Å². The average Bonchev–Trinajstić information content (AvgIpc) is 2.27. The number of aliphatic carboxylic acids is 1. The molecule has 0 unspecified atom stereocenters. The van der Waals surface area contributed by atoms with Crippen LogP contribution in [-0.2, 0) is 10.2 Å². The molecular weight excluding hydrogens is 230 g/mol. The third kappa shape index (κ3) is 4.20. The molecule has 4 heteroatoms. The largest absolute Gasteiger partial charge is 0.550 e. The van der Waals surface area contributed by atoms with E-state index in [1.54, 1.807) is 12.1 Å². The molecule has 0 saturated heterocycles. The zero-order chi connectivity index (χ0) is 13.8. The van der Waals surface area contributed by atoms with E-state index >= 15 is 0 Å². The van der Waals surface area contributed by atoms with Gasteiger partial charge in [-0.25, -0.2) is 0 Å². The van der Waals surface area contributed by atoms with Gasteiger partial charge in [-0.05, 0) is 23.1 Å². The van der Waals surface area contributed by atoms with E-state index in [2.05, 4.69) is 26.1 Å². The van der Waals surface area contributed by atoms with Gasteiger partial charge in [-0.15, -0.1) is 0 Å². The summed E-state index contributed by atoms with van der Waals surface area (Å²) in [6.45, 7) is 6.38. The van der Waals surface area contributed by atoms with E-state index in [1.165, 1.54) is 0 Å². The molecule has 0 aliphatic carbocycles. The number of rotatable bonds is 4. The van der Waals surface area contributed by atoms with Crippen molar-refractivity contribution in [2.24, 2.45) is 0 Å². The lowest BCUT2D eigenvalue weighted by Crippen LogP contribution is -2.31. The van der Waals surface area contributed by atoms with Gasteiger partial charge in [-0.3, -0.25) is 4.79 Å². The first-order chi connectivity index (χ1) is 8.30. The first kappa shape index (κ1) is 14.2. The second kappa shape index (κ2) is 5.67. The fraction of sp³-hybridized carbons (Fsp3) is 0.429. The van der Waals surface area contributed by atoms with E-state index in [9.17, 15) is 14.7 Å². The Labute approximate surface area is 107 Å². The molecule has 1 aromatic carbocycles. The van der Waals surface area contributed by atoms with E-state index in [1.807, 2.05) is 12.1 Å². The van der Waals surface area contributed by atoms with Gasteiger partial charge in [-0.2, -0.15) is 0 Å². The van der Waals surface area contributed by atoms with Crippen molar-refractivity contribution < 1.29 is 14.7 Å². The Bertz CT molecular complexity index is 429. The average molecular weight is 248 g/mol. The van der Waals surface area contributed by atoms with Crippen molar-refractivity contribution in [2.45, 2.75) is 32.6 Å². The second-order valence-corrected chi connectivity index (χ2v) is 5.21. The van der Waals surface area contributed by atoms with Crippen LogP contribution in [0.1, 0.15) is 43.1 Å². The van der Waals surface area contributed by atoms with Crippen molar-refractivity contribution in [3.8, 4) is 0 Å². The summed E-state index contributed by atoms with van der Waals surface area (Å²) >= 11 is 0. The van der Waals surface area contributed by atoms with Crippen LogP contribution in [0.4, 0.5) is 0 Å². The van der Waals surface area contributed by atoms with Crippen molar-refractivity contribution in [1.82, 2.24) is 5.32 Å². The molecule has 0 heterocycles. The number of carbonyl (C=O) groups is 2. The predicted octanol–water partition coefficient (Wildman–Crippen LogP) is 0.854. The SMILES string of the molecule is CC(C)(C)c1ccc(C(=O)NCCC(=O)[O-])cc1. The molecule has 98 valence electrons. The van der Waals surface area contributed by atoms with E-state index < -0.39 is 5.97 Å². The number of carbonyl (C=O) groups excluding carboxylic acids is 2. The topological polar surface area (TPSA) is 69.2 Å². The Hall–Kier alpha value is -1.84. The molecule has 0 fully saturated rings. The van der Waals surface area contributed by atoms with Gasteiger partial charge in [0.2, 0.25) is 0 Å². The lowest BCUT2D eigenvalue weighted by molar-refractivity contribution is -0.305. The fourth-order valence-electron chi connectivity index (χ4n) is 1.50. The Morgan fingerprint density at radius 2 is 1.72 bits per heavy atom. The van der Waals surface area contributed by atoms with Crippen LogP contribution in [0.15, 0.2) is 24.3 Å². The third-order valence-corrected chi connectivity index (χ3v) is 2.63. The third-order valence-electron chi connectivity index (χ3n) is 2.63. The number of nitrogens with one attached hydrogen (secondary N) is 1. The van der Waals surface area contributed by atoms with Gasteiger partial charge in [-0.1, -0.05) is 32.9 Å². The van der Waals surface area contributed by atoms with Crippen LogP contribution in [-0.4, -0.2) is 18.4 Å². The Kier molecular flexibility index (Phi) is 4.48. The minimum absolute atomic E-state index is 0.0456. The second-order valence-electron chi connectivity index (χ2n) is 5.21. The molecule has 0 aromatic heterocycles. The molecule has 0 aliphatic rings. The van der Waals surface area contributed by atoms with Gasteiger partial charge >= 0.3 is 0 Å². The van der Waals surface area contributed by atoms with Crippen molar-refractivity contribution in [2.75, 3.05) is 6.54 Å². The van der Waals surface area contributed by atoms with Gasteiger partial charge in [0.15, 0.2) is 0 Å². The van der Waals surface area contributed by atoms with Gasteiger partial charge < -0.3 is 15.2 Å². The maximum absolute atomic E-state index is 11.7. The number of benzene rings is 1. The van der Waals surface area contributed by atoms with Gasteiger partial charge in [0.25, 0.3) is 5.91 Å². The van der Waals surface area contributed by atoms with Crippen molar-refractivity contribution >= 4 is 11.9 Å². The lowest BCUT2D eigenvalue weighted by Gasteiger charge is -2.19. The van der Waals surface area contributed by atoms with E-state index in [4.69, 9.17) is 0 Å². The van der Waals surface area contributed by atoms with E-state index in [-0.39, 0.29) is 24.3 Å². The summed E-state index contributed by atoms with van der Waals surface area (Å²) in [5, 5.41) is 12.7. The van der Waals surface area contributed by atoms with Crippen LogP contribution >= 0.6 is 0 Å². The normalized spacial score (nSPS) is 11.1. The molecule has 4 nitrogen and oxygen atoms in total. The summed E-state index contributed by atoms with van der Waals surface area (Å²) in [4.78, 5) is 21.9. The molecule has 0 spiro atoms. The van der Waals surface area contributed by atoms with Crippen molar-refractivity contribution in [3.63, 3.8) is 0 Å². The minimum atomic E-state index is -1.17. The quantitative estimate of drug-likeness (QED) is 0.859. The number of hydrogen-bond donors (Lipinski definition) is 1. The zero-order valence-corrected chi connectivity index (χ0v) is 10.9. The van der Waals surface area contributed by atoms with Crippen LogP contribution in [0.25, 0.3) is 0 Å². The number of amides is 1. The smallest absolute Gasteiger partial charge is 0.251 e. The molecule has 0 aliphatic heterocycles. The predicted molar refractivity (Wildman–Crippen MR) is 67.1 cm³/mol. The van der Waals surface area contributed by atoms with E-state index in [0.29, 0.717) is 5.56 Å². The van der Waals surface area contributed by atoms with Gasteiger partial charge in [0.1, 0.15) is 0 Å². The monoisotopic (exact) mass is 248 g/mol. The Balaban J connectivity index is 2.62. The highest BCUT2D eigenvalue weighted by Crippen LogP contribution is 2.22. The fourth-order valence-corrected chi connectivity index (χ4v) is 1.50. The molecule has 0 atom stereocenters. The summed E-state index contributed by atoms with van der Waals surface area (Å²) in [7, 11) is 0. The summed E-state index contributed by atoms with van der Waals surface area (Å²) in [6.07, 6.45) is -0.175. The standard InChI is InChI=1S/C14H19NO3/c1-14(2,3)11-6-4-10(5-7-11)13(18)15-9-8-12(16)17/h4-7H,8-9H2,1-3H3,(H,15,18)(H,16,17)/p-1. The molecule has 18 heavy (non-hydrogen) atoms. The summed E-state index contributed by atoms with van der Waals surface area (Å²) in [5.41, 5.74) is 1.72. The van der Waals surface area contributed by atoms with Crippen molar-refractivity contribution in [1.29, 1.82) is 0 Å². The highest BCUT2D eigenvalue weighted by molar-refractivity contribution is 5.94. The zero-order valence-electron chi connectivity index (χ0n) is 10.9. The highest BCUT2D eigenvalue weighted by atomic mass is 16.4. The van der Waals surface area contributed by atoms with Crippen molar-refractivity contribution in [3.05, 3.63) is 35.4 Å². The van der Waals surface area contributed by atoms with Crippen LogP contribution in [0.3, 0.4) is 0 Å². The molecule has 0 radical (unpaired) electrons. The minimum Gasteiger partial charge on any atom is -0.550 e. The lowest BCUT2D eigenvalue weighted by atomic mass is 9.87. The summed E-state index contributed by atoms with van der Waals surface area (Å²) < 4.78 is 0. The van der Waals surface area contributed by atoms with E-state index in [0.717, 1.165) is 5.56 Å². The molecular formula is C14H18NO3-. The van der Waals surface area contributed by atoms with Crippen LogP contribution in [0, 0.1) is 0 Å². The molecule has 1 N–H and O–H groups in total. The number of carboxylic acids is 1. The molecule has 0 bridgehead atoms. The summed E-state index contributed by atoms with van der Waals surface area (Å²) in [5.74, 6) is -1.44.